The van der Waals surface area contributed by atoms with Crippen LogP contribution in [0, 0.1) is 23.7 Å². The van der Waals surface area contributed by atoms with Crippen molar-refractivity contribution in [2.45, 2.75) is 117 Å². The lowest BCUT2D eigenvalue weighted by Crippen LogP contribution is -2.15. The summed E-state index contributed by atoms with van der Waals surface area (Å²) in [5, 5.41) is 0. The first-order chi connectivity index (χ1) is 15.8. The molecule has 0 saturated heterocycles. The van der Waals surface area contributed by atoms with Crippen LogP contribution >= 0.6 is 0 Å². The number of hydrogen-bond acceptors (Lipinski definition) is 1. The molecule has 0 aromatic heterocycles. The summed E-state index contributed by atoms with van der Waals surface area (Å²) >= 11 is 0. The topological polar surface area (TPSA) is 9.23 Å². The first kappa shape index (κ1) is 25.4. The fourth-order valence-electron chi connectivity index (χ4n) is 6.08. The molecular formula is C31H50O. The lowest BCUT2D eigenvalue weighted by Gasteiger charge is -2.28. The summed E-state index contributed by atoms with van der Waals surface area (Å²) in [4.78, 5) is 0. The minimum absolute atomic E-state index is 0.704. The number of allylic oxidation sites excluding steroid dienone is 1. The van der Waals surface area contributed by atoms with Gasteiger partial charge in [-0.05, 0) is 79.9 Å². The molecular weight excluding hydrogens is 388 g/mol. The SMILES string of the molecule is CCCCCC1CCC(CCc2ccc(OC/C=C/C3CCC(CCC)CC3)cc2)CC1. The quantitative estimate of drug-likeness (QED) is 0.220. The lowest BCUT2D eigenvalue weighted by atomic mass is 9.78. The maximum atomic E-state index is 5.97. The van der Waals surface area contributed by atoms with E-state index in [0.717, 1.165) is 29.4 Å². The highest BCUT2D eigenvalue weighted by atomic mass is 16.5. The molecule has 1 aromatic carbocycles. The third-order valence-corrected chi connectivity index (χ3v) is 8.29. The molecule has 1 heteroatoms. The number of hydrogen-bond donors (Lipinski definition) is 0. The van der Waals surface area contributed by atoms with Crippen LogP contribution in [0.5, 0.6) is 5.75 Å². The van der Waals surface area contributed by atoms with Gasteiger partial charge in [0.05, 0.1) is 0 Å². The standard InChI is InChI=1S/C31H50O/c1-3-5-6-9-27-15-17-29(18-16-27)19-20-30-21-23-31(24-22-30)32-25-7-10-28-13-11-26(8-4-2)12-14-28/h7,10,21-24,26-29H,3-6,8-9,11-20,25H2,1-2H3/b10-7+. The smallest absolute Gasteiger partial charge is 0.119 e. The van der Waals surface area contributed by atoms with Crippen molar-refractivity contribution in [2.24, 2.45) is 23.7 Å². The van der Waals surface area contributed by atoms with Gasteiger partial charge in [0.25, 0.3) is 0 Å². The summed E-state index contributed by atoms with van der Waals surface area (Å²) in [7, 11) is 0. The third-order valence-electron chi connectivity index (χ3n) is 8.29. The Hall–Kier alpha value is -1.24. The lowest BCUT2D eigenvalue weighted by molar-refractivity contribution is 0.249. The monoisotopic (exact) mass is 438 g/mol. The summed E-state index contributed by atoms with van der Waals surface area (Å²) in [6.45, 7) is 5.33. The van der Waals surface area contributed by atoms with E-state index in [4.69, 9.17) is 4.74 Å². The van der Waals surface area contributed by atoms with Crippen LogP contribution in [0.2, 0.25) is 0 Å². The minimum Gasteiger partial charge on any atom is -0.490 e. The molecule has 1 aromatic rings. The molecule has 2 aliphatic rings. The van der Waals surface area contributed by atoms with E-state index in [2.05, 4.69) is 50.3 Å². The van der Waals surface area contributed by atoms with Crippen molar-refractivity contribution < 1.29 is 4.74 Å². The minimum atomic E-state index is 0.704. The summed E-state index contributed by atoms with van der Waals surface area (Å²) in [5.41, 5.74) is 1.47. The Bertz CT molecular complexity index is 614. The molecule has 1 nitrogen and oxygen atoms in total. The Morgan fingerprint density at radius 2 is 1.34 bits per heavy atom. The van der Waals surface area contributed by atoms with E-state index in [1.165, 1.54) is 108 Å². The van der Waals surface area contributed by atoms with Gasteiger partial charge in [0, 0.05) is 0 Å². The van der Waals surface area contributed by atoms with Crippen LogP contribution in [0.4, 0.5) is 0 Å². The van der Waals surface area contributed by atoms with E-state index >= 15 is 0 Å². The predicted molar refractivity (Wildman–Crippen MR) is 139 cm³/mol. The second-order valence-corrected chi connectivity index (χ2v) is 10.9. The maximum absolute atomic E-state index is 5.97. The predicted octanol–water partition coefficient (Wildman–Crippen LogP) is 9.55. The average Bonchev–Trinajstić information content (AvgIpc) is 2.83. The van der Waals surface area contributed by atoms with Gasteiger partial charge in [0.15, 0.2) is 0 Å². The number of rotatable bonds is 13. The Morgan fingerprint density at radius 1 is 0.719 bits per heavy atom. The average molecular weight is 439 g/mol. The summed E-state index contributed by atoms with van der Waals surface area (Å²) in [6, 6.07) is 8.91. The van der Waals surface area contributed by atoms with Crippen molar-refractivity contribution in [3.05, 3.63) is 42.0 Å². The Labute approximate surface area is 199 Å². The third kappa shape index (κ3) is 9.32. The van der Waals surface area contributed by atoms with Crippen molar-refractivity contribution >= 4 is 0 Å². The van der Waals surface area contributed by atoms with Crippen molar-refractivity contribution in [3.63, 3.8) is 0 Å². The van der Waals surface area contributed by atoms with Crippen LogP contribution in [0.15, 0.2) is 36.4 Å². The molecule has 0 unspecified atom stereocenters. The van der Waals surface area contributed by atoms with Crippen LogP contribution in [0.25, 0.3) is 0 Å². The van der Waals surface area contributed by atoms with E-state index in [-0.39, 0.29) is 0 Å². The van der Waals surface area contributed by atoms with Gasteiger partial charge >= 0.3 is 0 Å². The molecule has 0 atom stereocenters. The van der Waals surface area contributed by atoms with Crippen LogP contribution in [-0.4, -0.2) is 6.61 Å². The van der Waals surface area contributed by atoms with Gasteiger partial charge < -0.3 is 4.74 Å². The summed E-state index contributed by atoms with van der Waals surface area (Å²) in [6.07, 6.45) is 27.2. The maximum Gasteiger partial charge on any atom is 0.119 e. The van der Waals surface area contributed by atoms with Crippen LogP contribution in [0.3, 0.4) is 0 Å². The summed E-state index contributed by atoms with van der Waals surface area (Å²) in [5.74, 6) is 4.76. The Balaban J connectivity index is 1.27. The molecule has 0 radical (unpaired) electrons. The zero-order valence-electron chi connectivity index (χ0n) is 21.2. The van der Waals surface area contributed by atoms with Crippen molar-refractivity contribution in [2.75, 3.05) is 6.61 Å². The van der Waals surface area contributed by atoms with Gasteiger partial charge in [-0.1, -0.05) is 102 Å². The fourth-order valence-corrected chi connectivity index (χ4v) is 6.08. The molecule has 3 rings (SSSR count). The molecule has 2 fully saturated rings. The fraction of sp³-hybridized carbons (Fsp3) is 0.742. The van der Waals surface area contributed by atoms with Crippen molar-refractivity contribution in [1.29, 1.82) is 0 Å². The second-order valence-electron chi connectivity index (χ2n) is 10.9. The van der Waals surface area contributed by atoms with E-state index in [9.17, 15) is 0 Å². The summed E-state index contributed by atoms with van der Waals surface area (Å²) < 4.78 is 5.97. The van der Waals surface area contributed by atoms with Gasteiger partial charge in [-0.25, -0.2) is 0 Å². The van der Waals surface area contributed by atoms with E-state index in [1.54, 1.807) is 0 Å². The van der Waals surface area contributed by atoms with E-state index in [0.29, 0.717) is 6.61 Å². The van der Waals surface area contributed by atoms with Gasteiger partial charge in [-0.2, -0.15) is 0 Å². The van der Waals surface area contributed by atoms with Crippen LogP contribution < -0.4 is 4.74 Å². The normalized spacial score (nSPS) is 26.4. The first-order valence-electron chi connectivity index (χ1n) is 14.1. The van der Waals surface area contributed by atoms with Gasteiger partial charge in [0.1, 0.15) is 12.4 Å². The highest BCUT2D eigenvalue weighted by Crippen LogP contribution is 2.34. The number of benzene rings is 1. The van der Waals surface area contributed by atoms with E-state index < -0.39 is 0 Å². The van der Waals surface area contributed by atoms with Crippen LogP contribution in [0.1, 0.15) is 116 Å². The highest BCUT2D eigenvalue weighted by molar-refractivity contribution is 5.27. The molecule has 2 aliphatic carbocycles. The van der Waals surface area contributed by atoms with Crippen LogP contribution in [-0.2, 0) is 6.42 Å². The number of unbranched alkanes of at least 4 members (excludes halogenated alkanes) is 2. The van der Waals surface area contributed by atoms with Crippen molar-refractivity contribution in [1.82, 2.24) is 0 Å². The number of aryl methyl sites for hydroxylation is 1. The van der Waals surface area contributed by atoms with Gasteiger partial charge in [0.2, 0.25) is 0 Å². The second kappa shape index (κ2) is 14.8. The van der Waals surface area contributed by atoms with Crippen molar-refractivity contribution in [3.8, 4) is 5.75 Å². The van der Waals surface area contributed by atoms with Gasteiger partial charge in [-0.15, -0.1) is 0 Å². The molecule has 0 amide bonds. The zero-order valence-corrected chi connectivity index (χ0v) is 21.2. The number of ether oxygens (including phenoxy) is 1. The molecule has 0 heterocycles. The molecule has 180 valence electrons. The van der Waals surface area contributed by atoms with E-state index in [1.807, 2.05) is 0 Å². The Kier molecular flexibility index (Phi) is 11.8. The largest absolute Gasteiger partial charge is 0.490 e. The molecule has 0 aliphatic heterocycles. The molecule has 32 heavy (non-hydrogen) atoms. The first-order valence-corrected chi connectivity index (χ1v) is 14.1. The Morgan fingerprint density at radius 3 is 2.00 bits per heavy atom. The molecule has 0 bridgehead atoms. The highest BCUT2D eigenvalue weighted by Gasteiger charge is 2.21. The van der Waals surface area contributed by atoms with Gasteiger partial charge in [-0.3, -0.25) is 0 Å². The molecule has 0 N–H and O–H groups in total. The zero-order chi connectivity index (χ0) is 22.4. The molecule has 2 saturated carbocycles. The molecule has 0 spiro atoms.